The van der Waals surface area contributed by atoms with Crippen LogP contribution in [-0.4, -0.2) is 0 Å². The Morgan fingerprint density at radius 1 is 1.00 bits per heavy atom. The molecule has 0 spiro atoms. The molecular formula is C16H15Br2F. The number of alkyl halides is 1. The molecule has 0 bridgehead atoms. The van der Waals surface area contributed by atoms with Crippen molar-refractivity contribution in [2.45, 2.75) is 24.1 Å². The standard InChI is InChI=1S/C16H15Br2F/c17-14(12-6-2-1-3-7-12)10-4-8-13-9-5-11-15(19)16(13)18/h1-3,5-7,9,11,14H,4,8,10H2. The highest BCUT2D eigenvalue weighted by atomic mass is 79.9. The van der Waals surface area contributed by atoms with E-state index in [4.69, 9.17) is 0 Å². The van der Waals surface area contributed by atoms with Crippen molar-refractivity contribution in [3.63, 3.8) is 0 Å². The van der Waals surface area contributed by atoms with E-state index in [2.05, 4.69) is 44.0 Å². The van der Waals surface area contributed by atoms with Crippen molar-refractivity contribution in [1.82, 2.24) is 0 Å². The summed E-state index contributed by atoms with van der Waals surface area (Å²) >= 11 is 7.01. The summed E-state index contributed by atoms with van der Waals surface area (Å²) in [4.78, 5) is 0.362. The van der Waals surface area contributed by atoms with Gasteiger partial charge in [-0.2, -0.15) is 0 Å². The molecule has 2 aromatic carbocycles. The number of rotatable bonds is 5. The first-order valence-electron chi connectivity index (χ1n) is 6.30. The Balaban J connectivity index is 1.88. The minimum Gasteiger partial charge on any atom is -0.206 e. The molecule has 0 amide bonds. The van der Waals surface area contributed by atoms with Gasteiger partial charge in [0.05, 0.1) is 4.47 Å². The van der Waals surface area contributed by atoms with Crippen molar-refractivity contribution in [2.24, 2.45) is 0 Å². The van der Waals surface area contributed by atoms with Gasteiger partial charge in [0.2, 0.25) is 0 Å². The maximum Gasteiger partial charge on any atom is 0.137 e. The fourth-order valence-electron chi connectivity index (χ4n) is 2.04. The van der Waals surface area contributed by atoms with E-state index in [1.807, 2.05) is 24.3 Å². The van der Waals surface area contributed by atoms with E-state index >= 15 is 0 Å². The number of aryl methyl sites for hydroxylation is 1. The molecule has 0 aromatic heterocycles. The lowest BCUT2D eigenvalue weighted by Gasteiger charge is -2.10. The van der Waals surface area contributed by atoms with Crippen LogP contribution in [0.5, 0.6) is 0 Å². The molecule has 0 aliphatic heterocycles. The van der Waals surface area contributed by atoms with Crippen LogP contribution in [0.4, 0.5) is 4.39 Å². The second-order valence-electron chi connectivity index (χ2n) is 4.48. The number of hydrogen-bond donors (Lipinski definition) is 0. The maximum atomic E-state index is 13.4. The van der Waals surface area contributed by atoms with Crippen LogP contribution in [0.3, 0.4) is 0 Å². The predicted octanol–water partition coefficient (Wildman–Crippen LogP) is 6.05. The smallest absolute Gasteiger partial charge is 0.137 e. The fraction of sp³-hybridized carbons (Fsp3) is 0.250. The van der Waals surface area contributed by atoms with Gasteiger partial charge >= 0.3 is 0 Å². The Labute approximate surface area is 130 Å². The first kappa shape index (κ1) is 14.7. The number of hydrogen-bond acceptors (Lipinski definition) is 0. The molecule has 100 valence electrons. The van der Waals surface area contributed by atoms with Crippen molar-refractivity contribution in [3.05, 3.63) is 69.9 Å². The van der Waals surface area contributed by atoms with E-state index in [1.165, 1.54) is 11.6 Å². The third kappa shape index (κ3) is 4.15. The van der Waals surface area contributed by atoms with Crippen LogP contribution in [0.25, 0.3) is 0 Å². The molecular weight excluding hydrogens is 371 g/mol. The van der Waals surface area contributed by atoms with E-state index in [9.17, 15) is 4.39 Å². The molecule has 0 aliphatic carbocycles. The molecule has 0 fully saturated rings. The molecule has 0 nitrogen and oxygen atoms in total. The van der Waals surface area contributed by atoms with Crippen LogP contribution in [0, 0.1) is 5.82 Å². The van der Waals surface area contributed by atoms with Crippen molar-refractivity contribution >= 4 is 31.9 Å². The Kier molecular flexibility index (Phi) is 5.59. The molecule has 0 saturated heterocycles. The highest BCUT2D eigenvalue weighted by molar-refractivity contribution is 9.10. The fourth-order valence-corrected chi connectivity index (χ4v) is 3.13. The zero-order valence-corrected chi connectivity index (χ0v) is 13.6. The molecule has 19 heavy (non-hydrogen) atoms. The average Bonchev–Trinajstić information content (AvgIpc) is 2.44. The van der Waals surface area contributed by atoms with Gasteiger partial charge in [-0.3, -0.25) is 0 Å². The van der Waals surface area contributed by atoms with Gasteiger partial charge in [-0.25, -0.2) is 4.39 Å². The molecule has 3 heteroatoms. The third-order valence-corrected chi connectivity index (χ3v) is 4.97. The minimum atomic E-state index is -0.184. The van der Waals surface area contributed by atoms with Gasteiger partial charge in [-0.15, -0.1) is 0 Å². The van der Waals surface area contributed by atoms with Crippen LogP contribution in [0.15, 0.2) is 53.0 Å². The zero-order chi connectivity index (χ0) is 13.7. The van der Waals surface area contributed by atoms with Gasteiger partial charge < -0.3 is 0 Å². The Morgan fingerprint density at radius 2 is 1.74 bits per heavy atom. The van der Waals surface area contributed by atoms with E-state index in [0.29, 0.717) is 9.30 Å². The summed E-state index contributed by atoms with van der Waals surface area (Å²) in [6, 6.07) is 15.6. The van der Waals surface area contributed by atoms with E-state index in [1.54, 1.807) is 6.07 Å². The Hall–Kier alpha value is -0.670. The normalized spacial score (nSPS) is 12.4. The van der Waals surface area contributed by atoms with E-state index in [-0.39, 0.29) is 5.82 Å². The maximum absolute atomic E-state index is 13.4. The minimum absolute atomic E-state index is 0.184. The Bertz CT molecular complexity index is 526. The highest BCUT2D eigenvalue weighted by Crippen LogP contribution is 2.29. The Morgan fingerprint density at radius 3 is 2.47 bits per heavy atom. The summed E-state index contributed by atoms with van der Waals surface area (Å²) in [5.41, 5.74) is 2.33. The SMILES string of the molecule is Fc1cccc(CCCC(Br)c2ccccc2)c1Br. The summed E-state index contributed by atoms with van der Waals surface area (Å²) in [6.45, 7) is 0. The van der Waals surface area contributed by atoms with Crippen LogP contribution < -0.4 is 0 Å². The predicted molar refractivity (Wildman–Crippen MR) is 85.1 cm³/mol. The van der Waals surface area contributed by atoms with E-state index < -0.39 is 0 Å². The lowest BCUT2D eigenvalue weighted by Crippen LogP contribution is -1.94. The monoisotopic (exact) mass is 384 g/mol. The van der Waals surface area contributed by atoms with Crippen molar-refractivity contribution in [2.75, 3.05) is 0 Å². The summed E-state index contributed by atoms with van der Waals surface area (Å²) in [5.74, 6) is -0.184. The van der Waals surface area contributed by atoms with Gasteiger partial charge in [-0.05, 0) is 52.4 Å². The van der Waals surface area contributed by atoms with Gasteiger partial charge in [-0.1, -0.05) is 58.4 Å². The van der Waals surface area contributed by atoms with Crippen molar-refractivity contribution < 1.29 is 4.39 Å². The van der Waals surface area contributed by atoms with Gasteiger partial charge in [0.25, 0.3) is 0 Å². The first-order valence-corrected chi connectivity index (χ1v) is 8.01. The second-order valence-corrected chi connectivity index (χ2v) is 6.38. The molecule has 2 rings (SSSR count). The topological polar surface area (TPSA) is 0 Å². The molecule has 0 heterocycles. The lowest BCUT2D eigenvalue weighted by molar-refractivity contribution is 0.615. The molecule has 2 aromatic rings. The summed E-state index contributed by atoms with van der Waals surface area (Å²) in [6.07, 6.45) is 2.94. The molecule has 0 saturated carbocycles. The molecule has 1 unspecified atom stereocenters. The zero-order valence-electron chi connectivity index (χ0n) is 10.5. The molecule has 1 atom stereocenters. The van der Waals surface area contributed by atoms with Crippen molar-refractivity contribution in [1.29, 1.82) is 0 Å². The van der Waals surface area contributed by atoms with Gasteiger partial charge in [0.15, 0.2) is 0 Å². The summed E-state index contributed by atoms with van der Waals surface area (Å²) in [5, 5.41) is 0. The summed E-state index contributed by atoms with van der Waals surface area (Å²) in [7, 11) is 0. The average molecular weight is 386 g/mol. The van der Waals surface area contributed by atoms with E-state index in [0.717, 1.165) is 24.8 Å². The van der Waals surface area contributed by atoms with Crippen LogP contribution >= 0.6 is 31.9 Å². The first-order chi connectivity index (χ1) is 9.18. The number of benzene rings is 2. The lowest BCUT2D eigenvalue weighted by atomic mass is 10.0. The summed E-state index contributed by atoms with van der Waals surface area (Å²) < 4.78 is 14.0. The van der Waals surface area contributed by atoms with Gasteiger partial charge in [0.1, 0.15) is 5.82 Å². The van der Waals surface area contributed by atoms with Crippen LogP contribution in [0.1, 0.15) is 28.8 Å². The molecule has 0 aliphatic rings. The molecule has 0 radical (unpaired) electrons. The molecule has 0 N–H and O–H groups in total. The van der Waals surface area contributed by atoms with Crippen molar-refractivity contribution in [3.8, 4) is 0 Å². The third-order valence-electron chi connectivity index (χ3n) is 3.10. The van der Waals surface area contributed by atoms with Crippen LogP contribution in [0.2, 0.25) is 0 Å². The quantitative estimate of drug-likeness (QED) is 0.549. The highest BCUT2D eigenvalue weighted by Gasteiger charge is 2.08. The largest absolute Gasteiger partial charge is 0.206 e. The van der Waals surface area contributed by atoms with Gasteiger partial charge in [0, 0.05) is 4.83 Å². The van der Waals surface area contributed by atoms with Crippen LogP contribution in [-0.2, 0) is 6.42 Å². The number of halogens is 3. The second kappa shape index (κ2) is 7.20.